The maximum atomic E-state index is 12.8. The van der Waals surface area contributed by atoms with Crippen LogP contribution in [-0.4, -0.2) is 49.9 Å². The van der Waals surface area contributed by atoms with Crippen LogP contribution in [0.25, 0.3) is 0 Å². The molecule has 0 atom stereocenters. The summed E-state index contributed by atoms with van der Waals surface area (Å²) in [6, 6.07) is 10.00. The molecule has 1 heterocycles. The number of rotatable bonds is 5. The molecule has 0 radical (unpaired) electrons. The molecule has 0 unspecified atom stereocenters. The van der Waals surface area contributed by atoms with Crippen LogP contribution in [-0.2, 0) is 14.8 Å². The van der Waals surface area contributed by atoms with E-state index in [9.17, 15) is 23.3 Å². The molecule has 0 aliphatic carbocycles. The summed E-state index contributed by atoms with van der Waals surface area (Å²) in [5.74, 6) is -0.684. The van der Waals surface area contributed by atoms with Crippen molar-refractivity contribution in [3.8, 4) is 0 Å². The monoisotopic (exact) mass is 405 g/mol. The summed E-state index contributed by atoms with van der Waals surface area (Å²) >= 11 is 0. The van der Waals surface area contributed by atoms with Gasteiger partial charge in [-0.1, -0.05) is 18.2 Å². The highest BCUT2D eigenvalue weighted by atomic mass is 32.2. The van der Waals surface area contributed by atoms with Crippen molar-refractivity contribution < 1.29 is 22.9 Å². The van der Waals surface area contributed by atoms with Gasteiger partial charge in [0.2, 0.25) is 10.0 Å². The molecule has 0 bridgehead atoms. The Bertz CT molecular complexity index is 1020. The summed E-state index contributed by atoms with van der Waals surface area (Å²) in [6.45, 7) is 2.88. The van der Waals surface area contributed by atoms with E-state index in [0.29, 0.717) is 18.8 Å². The van der Waals surface area contributed by atoms with E-state index in [1.807, 2.05) is 0 Å². The first-order valence-corrected chi connectivity index (χ1v) is 9.98. The van der Waals surface area contributed by atoms with E-state index in [0.717, 1.165) is 0 Å². The zero-order valence-corrected chi connectivity index (χ0v) is 15.9. The van der Waals surface area contributed by atoms with Crippen molar-refractivity contribution in [2.24, 2.45) is 0 Å². The summed E-state index contributed by atoms with van der Waals surface area (Å²) in [7, 11) is -3.73. The topological polar surface area (TPSA) is 119 Å². The SMILES string of the molecule is Cc1ccc(S(=O)(=O)N2CCOCC2)cc1NC(=O)c1ccccc1[N+](=O)[O-]. The fraction of sp³-hybridized carbons (Fsp3) is 0.278. The van der Waals surface area contributed by atoms with Crippen LogP contribution in [0.4, 0.5) is 11.4 Å². The molecule has 1 fully saturated rings. The van der Waals surface area contributed by atoms with E-state index >= 15 is 0 Å². The van der Waals surface area contributed by atoms with Gasteiger partial charge in [-0.3, -0.25) is 14.9 Å². The number of benzene rings is 2. The van der Waals surface area contributed by atoms with Crippen LogP contribution in [0, 0.1) is 17.0 Å². The van der Waals surface area contributed by atoms with E-state index < -0.39 is 20.9 Å². The number of anilines is 1. The largest absolute Gasteiger partial charge is 0.379 e. The minimum atomic E-state index is -3.73. The number of hydrogen-bond acceptors (Lipinski definition) is 6. The number of amides is 1. The van der Waals surface area contributed by atoms with Crippen molar-refractivity contribution in [2.45, 2.75) is 11.8 Å². The zero-order chi connectivity index (χ0) is 20.3. The number of para-hydroxylation sites is 1. The Labute approximate surface area is 162 Å². The van der Waals surface area contributed by atoms with Crippen molar-refractivity contribution >= 4 is 27.3 Å². The molecule has 1 amide bonds. The van der Waals surface area contributed by atoms with E-state index in [1.165, 1.54) is 40.7 Å². The van der Waals surface area contributed by atoms with Crippen LogP contribution in [0.1, 0.15) is 15.9 Å². The number of nitro groups is 1. The third-order valence-electron chi connectivity index (χ3n) is 4.41. The Hall–Kier alpha value is -2.82. The Morgan fingerprint density at radius 2 is 1.86 bits per heavy atom. The molecule has 0 saturated carbocycles. The summed E-state index contributed by atoms with van der Waals surface area (Å²) in [4.78, 5) is 23.1. The summed E-state index contributed by atoms with van der Waals surface area (Å²) < 4.78 is 32.2. The quantitative estimate of drug-likeness (QED) is 0.601. The Balaban J connectivity index is 1.90. The van der Waals surface area contributed by atoms with Crippen LogP contribution in [0.15, 0.2) is 47.4 Å². The molecular formula is C18H19N3O6S. The number of morpholine rings is 1. The molecule has 10 heteroatoms. The number of nitrogens with zero attached hydrogens (tertiary/aromatic N) is 2. The number of sulfonamides is 1. The number of hydrogen-bond donors (Lipinski definition) is 1. The molecule has 9 nitrogen and oxygen atoms in total. The summed E-state index contributed by atoms with van der Waals surface area (Å²) in [5.41, 5.74) is 0.480. The van der Waals surface area contributed by atoms with Gasteiger partial charge in [0.15, 0.2) is 0 Å². The number of nitrogens with one attached hydrogen (secondary N) is 1. The van der Waals surface area contributed by atoms with Gasteiger partial charge in [-0.25, -0.2) is 8.42 Å². The fourth-order valence-corrected chi connectivity index (χ4v) is 4.28. The molecule has 148 valence electrons. The number of nitro benzene ring substituents is 1. The predicted molar refractivity (Wildman–Crippen MR) is 102 cm³/mol. The predicted octanol–water partition coefficient (Wildman–Crippen LogP) is 2.18. The smallest absolute Gasteiger partial charge is 0.282 e. The third-order valence-corrected chi connectivity index (χ3v) is 6.31. The van der Waals surface area contributed by atoms with E-state index in [4.69, 9.17) is 4.74 Å². The van der Waals surface area contributed by atoms with Crippen molar-refractivity contribution in [3.63, 3.8) is 0 Å². The normalized spacial score (nSPS) is 15.2. The highest BCUT2D eigenvalue weighted by Gasteiger charge is 2.27. The van der Waals surface area contributed by atoms with Crippen LogP contribution in [0.5, 0.6) is 0 Å². The van der Waals surface area contributed by atoms with Gasteiger partial charge in [-0.05, 0) is 30.7 Å². The third kappa shape index (κ3) is 4.03. The molecule has 1 N–H and O–H groups in total. The van der Waals surface area contributed by atoms with Crippen molar-refractivity contribution in [3.05, 3.63) is 63.7 Å². The minimum Gasteiger partial charge on any atom is -0.379 e. The highest BCUT2D eigenvalue weighted by Crippen LogP contribution is 2.25. The van der Waals surface area contributed by atoms with E-state index in [2.05, 4.69) is 5.32 Å². The molecule has 1 saturated heterocycles. The van der Waals surface area contributed by atoms with Gasteiger partial charge >= 0.3 is 0 Å². The van der Waals surface area contributed by atoms with Gasteiger partial charge in [0, 0.05) is 24.8 Å². The fourth-order valence-electron chi connectivity index (χ4n) is 2.85. The molecule has 28 heavy (non-hydrogen) atoms. The molecular weight excluding hydrogens is 386 g/mol. The second kappa shape index (κ2) is 8.05. The van der Waals surface area contributed by atoms with Crippen LogP contribution >= 0.6 is 0 Å². The minimum absolute atomic E-state index is 0.0397. The maximum Gasteiger partial charge on any atom is 0.282 e. The van der Waals surface area contributed by atoms with Gasteiger partial charge in [0.25, 0.3) is 11.6 Å². The maximum absolute atomic E-state index is 12.8. The molecule has 0 spiro atoms. The van der Waals surface area contributed by atoms with Crippen molar-refractivity contribution in [1.29, 1.82) is 0 Å². The standard InChI is InChI=1S/C18H19N3O6S/c1-13-6-7-14(28(25,26)20-8-10-27-11-9-20)12-16(13)19-18(22)15-4-2-3-5-17(15)21(23)24/h2-7,12H,8-11H2,1H3,(H,19,22). The molecule has 2 aromatic rings. The van der Waals surface area contributed by atoms with Gasteiger partial charge in [0.05, 0.1) is 23.0 Å². The van der Waals surface area contributed by atoms with Gasteiger partial charge in [0.1, 0.15) is 5.56 Å². The number of carbonyl (C=O) groups is 1. The van der Waals surface area contributed by atoms with Crippen molar-refractivity contribution in [1.82, 2.24) is 4.31 Å². The average molecular weight is 405 g/mol. The molecule has 0 aromatic heterocycles. The van der Waals surface area contributed by atoms with Crippen LogP contribution in [0.2, 0.25) is 0 Å². The number of aryl methyl sites for hydroxylation is 1. The lowest BCUT2D eigenvalue weighted by Crippen LogP contribution is -2.40. The number of carbonyl (C=O) groups excluding carboxylic acids is 1. The zero-order valence-electron chi connectivity index (χ0n) is 15.1. The Kier molecular flexibility index (Phi) is 5.73. The van der Waals surface area contributed by atoms with Gasteiger partial charge < -0.3 is 10.1 Å². The molecule has 3 rings (SSSR count). The first kappa shape index (κ1) is 19.9. The van der Waals surface area contributed by atoms with Crippen LogP contribution < -0.4 is 5.32 Å². The lowest BCUT2D eigenvalue weighted by Gasteiger charge is -2.26. The van der Waals surface area contributed by atoms with Gasteiger partial charge in [-0.2, -0.15) is 4.31 Å². The first-order chi connectivity index (χ1) is 13.3. The Morgan fingerprint density at radius 3 is 2.54 bits per heavy atom. The second-order valence-corrected chi connectivity index (χ2v) is 8.16. The summed E-state index contributed by atoms with van der Waals surface area (Å²) in [6.07, 6.45) is 0. The lowest BCUT2D eigenvalue weighted by molar-refractivity contribution is -0.385. The average Bonchev–Trinajstić information content (AvgIpc) is 2.70. The van der Waals surface area contributed by atoms with Crippen molar-refractivity contribution in [2.75, 3.05) is 31.6 Å². The summed E-state index contributed by atoms with van der Waals surface area (Å²) in [5, 5.41) is 13.7. The van der Waals surface area contributed by atoms with E-state index in [-0.39, 0.29) is 34.9 Å². The second-order valence-electron chi connectivity index (χ2n) is 6.22. The first-order valence-electron chi connectivity index (χ1n) is 8.54. The molecule has 1 aliphatic heterocycles. The molecule has 1 aliphatic rings. The number of ether oxygens (including phenoxy) is 1. The lowest BCUT2D eigenvalue weighted by atomic mass is 10.1. The van der Waals surface area contributed by atoms with Gasteiger partial charge in [-0.15, -0.1) is 0 Å². The highest BCUT2D eigenvalue weighted by molar-refractivity contribution is 7.89. The Morgan fingerprint density at radius 1 is 1.18 bits per heavy atom. The molecule has 2 aromatic carbocycles. The van der Waals surface area contributed by atoms with E-state index in [1.54, 1.807) is 13.0 Å². The van der Waals surface area contributed by atoms with Crippen LogP contribution in [0.3, 0.4) is 0 Å².